The lowest BCUT2D eigenvalue weighted by Gasteiger charge is -2.13. The van der Waals surface area contributed by atoms with Crippen LogP contribution in [0.4, 0.5) is 11.4 Å². The number of nitrogens with one attached hydrogen (secondary N) is 2. The highest BCUT2D eigenvalue weighted by Gasteiger charge is 2.25. The van der Waals surface area contributed by atoms with Crippen molar-refractivity contribution in [3.05, 3.63) is 71.4 Å². The van der Waals surface area contributed by atoms with Crippen molar-refractivity contribution in [3.63, 3.8) is 0 Å². The number of aromatic carboxylic acids is 1. The topological polar surface area (TPSA) is 205 Å². The summed E-state index contributed by atoms with van der Waals surface area (Å²) in [5.41, 5.74) is 0.0801. The van der Waals surface area contributed by atoms with Gasteiger partial charge in [0.1, 0.15) is 0 Å². The summed E-state index contributed by atoms with van der Waals surface area (Å²) < 4.78 is 30.3. The molecular formula is C24H17N5O7S. The number of nitriles is 1. The van der Waals surface area contributed by atoms with E-state index in [9.17, 15) is 27.9 Å². The smallest absolute Gasteiger partial charge is 0.337 e. The van der Waals surface area contributed by atoms with Crippen LogP contribution in [-0.4, -0.2) is 36.5 Å². The molecule has 2 amide bonds. The number of amides is 2. The van der Waals surface area contributed by atoms with E-state index in [1.54, 1.807) is 24.3 Å². The van der Waals surface area contributed by atoms with E-state index in [0.29, 0.717) is 11.3 Å². The summed E-state index contributed by atoms with van der Waals surface area (Å²) in [6.45, 7) is 1.30. The van der Waals surface area contributed by atoms with Crippen LogP contribution in [0.25, 0.3) is 22.1 Å². The van der Waals surface area contributed by atoms with Crippen LogP contribution >= 0.6 is 0 Å². The van der Waals surface area contributed by atoms with E-state index in [-0.39, 0.29) is 49.8 Å². The monoisotopic (exact) mass is 519 g/mol. The van der Waals surface area contributed by atoms with Crippen LogP contribution in [0.15, 0.2) is 64.0 Å². The highest BCUT2D eigenvalue weighted by molar-refractivity contribution is 7.89. The zero-order valence-electron chi connectivity index (χ0n) is 19.0. The molecule has 0 bridgehead atoms. The van der Waals surface area contributed by atoms with Crippen molar-refractivity contribution >= 4 is 50.2 Å². The number of hydrogen-bond acceptors (Lipinski definition) is 8. The molecular weight excluding hydrogens is 502 g/mol. The normalized spacial score (nSPS) is 11.1. The molecule has 13 heteroatoms. The maximum absolute atomic E-state index is 13.0. The lowest BCUT2D eigenvalue weighted by molar-refractivity contribution is -0.114. The van der Waals surface area contributed by atoms with E-state index in [2.05, 4.69) is 15.8 Å². The Morgan fingerprint density at radius 3 is 2.41 bits per heavy atom. The number of fused-ring (bicyclic) bond motifs is 1. The zero-order chi connectivity index (χ0) is 26.9. The molecule has 0 radical (unpaired) electrons. The Kier molecular flexibility index (Phi) is 6.45. The molecule has 0 spiro atoms. The summed E-state index contributed by atoms with van der Waals surface area (Å²) in [5.74, 6) is -2.65. The Bertz CT molecular complexity index is 1750. The number of para-hydroxylation sites is 1. The second-order valence-electron chi connectivity index (χ2n) is 7.78. The molecule has 0 atom stereocenters. The number of carbonyl (C=O) groups excluding carboxylic acids is 2. The average molecular weight is 519 g/mol. The van der Waals surface area contributed by atoms with Gasteiger partial charge in [0.2, 0.25) is 15.9 Å². The van der Waals surface area contributed by atoms with Gasteiger partial charge in [-0.25, -0.2) is 18.4 Å². The number of nitrogens with two attached hydrogens (primary N) is 1. The van der Waals surface area contributed by atoms with Gasteiger partial charge in [-0.3, -0.25) is 9.59 Å². The maximum Gasteiger partial charge on any atom is 0.337 e. The third-order valence-electron chi connectivity index (χ3n) is 5.25. The summed E-state index contributed by atoms with van der Waals surface area (Å²) in [7, 11) is -4.35. The standard InChI is InChI=1S/C24H17N5O7S/c1-12(30)27-18-5-3-2-4-14(18)15-9-20-17(10-21(15)37(26,34)35)22(29-36-20)23(31)28-19-7-6-13(11-25)8-16(19)24(32)33/h2-10H,1H3,(H,27,30)(H,28,31)(H,32,33)(H2,26,34,35). The summed E-state index contributed by atoms with van der Waals surface area (Å²) in [6.07, 6.45) is 0. The molecule has 0 saturated heterocycles. The van der Waals surface area contributed by atoms with Crippen molar-refractivity contribution in [2.75, 3.05) is 10.6 Å². The summed E-state index contributed by atoms with van der Waals surface area (Å²) in [4.78, 5) is 35.9. The van der Waals surface area contributed by atoms with E-state index >= 15 is 0 Å². The number of anilines is 2. The third-order valence-corrected chi connectivity index (χ3v) is 6.20. The number of carboxylic acid groups (broad SMARTS) is 1. The number of benzene rings is 3. The van der Waals surface area contributed by atoms with Crippen LogP contribution in [0.5, 0.6) is 0 Å². The van der Waals surface area contributed by atoms with E-state index in [4.69, 9.17) is 14.9 Å². The minimum Gasteiger partial charge on any atom is -0.478 e. The van der Waals surface area contributed by atoms with Crippen molar-refractivity contribution in [1.29, 1.82) is 5.26 Å². The first-order chi connectivity index (χ1) is 17.5. The largest absolute Gasteiger partial charge is 0.478 e. The molecule has 0 saturated carbocycles. The van der Waals surface area contributed by atoms with Crippen LogP contribution in [0.3, 0.4) is 0 Å². The maximum atomic E-state index is 13.0. The number of sulfonamides is 1. The molecule has 1 heterocycles. The Hall–Kier alpha value is -5.06. The molecule has 5 N–H and O–H groups in total. The molecule has 0 unspecified atom stereocenters. The predicted molar refractivity (Wildman–Crippen MR) is 131 cm³/mol. The van der Waals surface area contributed by atoms with Gasteiger partial charge < -0.3 is 20.3 Å². The first-order valence-corrected chi connectivity index (χ1v) is 12.0. The van der Waals surface area contributed by atoms with E-state index < -0.39 is 21.9 Å². The number of primary sulfonamides is 1. The van der Waals surface area contributed by atoms with Crippen molar-refractivity contribution in [2.24, 2.45) is 5.14 Å². The summed E-state index contributed by atoms with van der Waals surface area (Å²) in [6, 6.07) is 14.3. The molecule has 3 aromatic carbocycles. The van der Waals surface area contributed by atoms with Gasteiger partial charge in [-0.05, 0) is 36.4 Å². The first kappa shape index (κ1) is 25.0. The van der Waals surface area contributed by atoms with Crippen LogP contribution in [0.1, 0.15) is 33.3 Å². The number of nitrogens with zero attached hydrogens (tertiary/aromatic N) is 2. The fraction of sp³-hybridized carbons (Fsp3) is 0.0417. The fourth-order valence-corrected chi connectivity index (χ4v) is 4.43. The van der Waals surface area contributed by atoms with Crippen molar-refractivity contribution in [3.8, 4) is 17.2 Å². The van der Waals surface area contributed by atoms with Gasteiger partial charge in [-0.2, -0.15) is 5.26 Å². The van der Waals surface area contributed by atoms with Gasteiger partial charge >= 0.3 is 5.97 Å². The highest BCUT2D eigenvalue weighted by atomic mass is 32.2. The van der Waals surface area contributed by atoms with Gasteiger partial charge in [0.25, 0.3) is 5.91 Å². The van der Waals surface area contributed by atoms with Crippen molar-refractivity contribution < 1.29 is 32.4 Å². The quantitative estimate of drug-likeness (QED) is 0.295. The molecule has 1 aromatic heterocycles. The number of carboxylic acids is 1. The Labute approximate surface area is 209 Å². The molecule has 0 fully saturated rings. The molecule has 186 valence electrons. The molecule has 0 aliphatic carbocycles. The summed E-state index contributed by atoms with van der Waals surface area (Å²) >= 11 is 0. The number of carbonyl (C=O) groups is 3. The van der Waals surface area contributed by atoms with Crippen molar-refractivity contribution in [2.45, 2.75) is 11.8 Å². The van der Waals surface area contributed by atoms with E-state index in [1.165, 1.54) is 25.1 Å². The fourth-order valence-electron chi connectivity index (χ4n) is 3.67. The van der Waals surface area contributed by atoms with E-state index in [1.807, 2.05) is 6.07 Å². The van der Waals surface area contributed by atoms with Crippen LogP contribution in [-0.2, 0) is 14.8 Å². The second kappa shape index (κ2) is 9.53. The van der Waals surface area contributed by atoms with Crippen LogP contribution in [0, 0.1) is 11.3 Å². The lowest BCUT2D eigenvalue weighted by Crippen LogP contribution is -2.16. The van der Waals surface area contributed by atoms with Gasteiger partial charge in [0.15, 0.2) is 11.3 Å². The van der Waals surface area contributed by atoms with Gasteiger partial charge in [0, 0.05) is 23.7 Å². The van der Waals surface area contributed by atoms with Gasteiger partial charge in [-0.1, -0.05) is 23.4 Å². The van der Waals surface area contributed by atoms with Crippen LogP contribution < -0.4 is 15.8 Å². The van der Waals surface area contributed by atoms with Crippen molar-refractivity contribution in [1.82, 2.24) is 5.16 Å². The molecule has 0 aliphatic heterocycles. The highest BCUT2D eigenvalue weighted by Crippen LogP contribution is 2.36. The second-order valence-corrected chi connectivity index (χ2v) is 9.31. The van der Waals surface area contributed by atoms with Gasteiger partial charge in [0.05, 0.1) is 33.2 Å². The predicted octanol–water partition coefficient (Wildman–Crippen LogP) is 2.92. The zero-order valence-corrected chi connectivity index (χ0v) is 19.8. The van der Waals surface area contributed by atoms with Gasteiger partial charge in [-0.15, -0.1) is 0 Å². The number of aromatic nitrogens is 1. The Morgan fingerprint density at radius 2 is 1.76 bits per heavy atom. The Morgan fingerprint density at radius 1 is 1.03 bits per heavy atom. The third kappa shape index (κ3) is 5.01. The molecule has 0 aliphatic rings. The first-order valence-electron chi connectivity index (χ1n) is 10.4. The number of rotatable bonds is 6. The molecule has 4 aromatic rings. The minimum atomic E-state index is -4.35. The number of hydrogen-bond donors (Lipinski definition) is 4. The summed E-state index contributed by atoms with van der Waals surface area (Å²) in [5, 5.41) is 32.7. The molecule has 37 heavy (non-hydrogen) atoms. The Balaban J connectivity index is 1.84. The lowest BCUT2D eigenvalue weighted by atomic mass is 10.0. The SMILES string of the molecule is CC(=O)Nc1ccccc1-c1cc2onc(C(=O)Nc3ccc(C#N)cc3C(=O)O)c2cc1S(N)(=O)=O. The molecule has 4 rings (SSSR count). The molecule has 12 nitrogen and oxygen atoms in total. The van der Waals surface area contributed by atoms with Crippen LogP contribution in [0.2, 0.25) is 0 Å². The average Bonchev–Trinajstić information content (AvgIpc) is 3.26. The van der Waals surface area contributed by atoms with E-state index in [0.717, 1.165) is 12.1 Å². The minimum absolute atomic E-state index is 0.00666.